The Morgan fingerprint density at radius 2 is 1.75 bits per heavy atom. The molecule has 8 heteroatoms. The minimum absolute atomic E-state index is 0.0193. The Balaban J connectivity index is 2.14. The van der Waals surface area contributed by atoms with Gasteiger partial charge in [0.15, 0.2) is 6.61 Å². The van der Waals surface area contributed by atoms with E-state index in [1.165, 1.54) is 42.7 Å². The van der Waals surface area contributed by atoms with Gasteiger partial charge in [0, 0.05) is 13.1 Å². The van der Waals surface area contributed by atoms with Crippen LogP contribution in [0.1, 0.15) is 34.6 Å². The van der Waals surface area contributed by atoms with Crippen LogP contribution >= 0.6 is 0 Å². The standard InChI is InChI=1S/C20H23NO6S/c1-14(2)21(3)28(24,25)16-9-7-8-15(12-16)20(23)27-13-18(22)17-10-5-6-11-19(17)26-4/h5-12,14H,13H2,1-4H3. The molecule has 2 aromatic carbocycles. The van der Waals surface area contributed by atoms with Crippen LogP contribution in [0, 0.1) is 0 Å². The summed E-state index contributed by atoms with van der Waals surface area (Å²) in [6, 6.07) is 11.9. The number of ketones is 1. The molecule has 0 heterocycles. The van der Waals surface area contributed by atoms with Crippen molar-refractivity contribution in [1.82, 2.24) is 4.31 Å². The molecule has 0 saturated carbocycles. The molecule has 7 nitrogen and oxygen atoms in total. The average molecular weight is 405 g/mol. The van der Waals surface area contributed by atoms with Crippen LogP contribution in [0.3, 0.4) is 0 Å². The maximum atomic E-state index is 12.6. The molecule has 0 aromatic heterocycles. The number of hydrogen-bond acceptors (Lipinski definition) is 6. The van der Waals surface area contributed by atoms with Gasteiger partial charge in [0.25, 0.3) is 0 Å². The normalized spacial score (nSPS) is 11.5. The quantitative estimate of drug-likeness (QED) is 0.496. The number of carbonyl (C=O) groups is 2. The first-order valence-corrected chi connectivity index (χ1v) is 10.0. The highest BCUT2D eigenvalue weighted by Gasteiger charge is 2.24. The third-order valence-electron chi connectivity index (χ3n) is 4.22. The minimum Gasteiger partial charge on any atom is -0.496 e. The second-order valence-corrected chi connectivity index (χ2v) is 8.34. The third-order valence-corrected chi connectivity index (χ3v) is 6.25. The van der Waals surface area contributed by atoms with Gasteiger partial charge in [0.05, 0.1) is 23.1 Å². The number of esters is 1. The fourth-order valence-electron chi connectivity index (χ4n) is 2.39. The van der Waals surface area contributed by atoms with Crippen LogP contribution in [0.5, 0.6) is 5.75 Å². The second kappa shape index (κ2) is 8.99. The Hall–Kier alpha value is -2.71. The van der Waals surface area contributed by atoms with Crippen molar-refractivity contribution in [3.8, 4) is 5.75 Å². The molecule has 0 spiro atoms. The number of ether oxygens (including phenoxy) is 2. The number of hydrogen-bond donors (Lipinski definition) is 0. The molecular formula is C20H23NO6S. The van der Waals surface area contributed by atoms with Gasteiger partial charge in [-0.2, -0.15) is 4.31 Å². The van der Waals surface area contributed by atoms with Crippen LogP contribution in [0.25, 0.3) is 0 Å². The number of para-hydroxylation sites is 1. The molecule has 0 unspecified atom stereocenters. The zero-order valence-electron chi connectivity index (χ0n) is 16.2. The lowest BCUT2D eigenvalue weighted by Crippen LogP contribution is -2.33. The van der Waals surface area contributed by atoms with Crippen molar-refractivity contribution in [3.63, 3.8) is 0 Å². The van der Waals surface area contributed by atoms with E-state index in [4.69, 9.17) is 9.47 Å². The molecule has 0 aliphatic rings. The van der Waals surface area contributed by atoms with E-state index in [9.17, 15) is 18.0 Å². The Kier molecular flexibility index (Phi) is 6.93. The van der Waals surface area contributed by atoms with Gasteiger partial charge in [-0.05, 0) is 44.2 Å². The van der Waals surface area contributed by atoms with E-state index in [1.54, 1.807) is 38.1 Å². The van der Waals surface area contributed by atoms with Gasteiger partial charge in [0.1, 0.15) is 5.75 Å². The van der Waals surface area contributed by atoms with Crippen molar-refractivity contribution < 1.29 is 27.5 Å². The molecule has 0 amide bonds. The monoisotopic (exact) mass is 405 g/mol. The van der Waals surface area contributed by atoms with Crippen LogP contribution in [-0.2, 0) is 14.8 Å². The summed E-state index contributed by atoms with van der Waals surface area (Å²) < 4.78 is 36.5. The summed E-state index contributed by atoms with van der Waals surface area (Å²) in [5, 5.41) is 0. The summed E-state index contributed by atoms with van der Waals surface area (Å²) in [5.74, 6) is -0.824. The van der Waals surface area contributed by atoms with Gasteiger partial charge in [-0.1, -0.05) is 18.2 Å². The van der Waals surface area contributed by atoms with Crippen LogP contribution < -0.4 is 4.74 Å². The molecule has 2 aromatic rings. The summed E-state index contributed by atoms with van der Waals surface area (Å²) in [6.45, 7) is 3.01. The van der Waals surface area contributed by atoms with Gasteiger partial charge >= 0.3 is 5.97 Å². The largest absolute Gasteiger partial charge is 0.496 e. The molecule has 0 fully saturated rings. The first-order valence-electron chi connectivity index (χ1n) is 8.60. The second-order valence-electron chi connectivity index (χ2n) is 6.34. The molecule has 0 N–H and O–H groups in total. The molecule has 0 aliphatic heterocycles. The molecule has 0 atom stereocenters. The molecule has 0 saturated heterocycles. The molecule has 28 heavy (non-hydrogen) atoms. The van der Waals surface area contributed by atoms with E-state index >= 15 is 0 Å². The number of carbonyl (C=O) groups excluding carboxylic acids is 2. The summed E-state index contributed by atoms with van der Waals surface area (Å²) >= 11 is 0. The molecular weight excluding hydrogens is 382 g/mol. The van der Waals surface area contributed by atoms with E-state index in [0.717, 1.165) is 0 Å². The fraction of sp³-hybridized carbons (Fsp3) is 0.300. The maximum Gasteiger partial charge on any atom is 0.338 e. The zero-order valence-corrected chi connectivity index (χ0v) is 17.0. The molecule has 0 aliphatic carbocycles. The number of sulfonamides is 1. The number of nitrogens with zero attached hydrogens (tertiary/aromatic N) is 1. The molecule has 0 bridgehead atoms. The van der Waals surface area contributed by atoms with Crippen LogP contribution in [0.15, 0.2) is 53.4 Å². The number of benzene rings is 2. The third kappa shape index (κ3) is 4.76. The fourth-order valence-corrected chi connectivity index (χ4v) is 3.81. The van der Waals surface area contributed by atoms with Crippen molar-refractivity contribution in [2.24, 2.45) is 0 Å². The average Bonchev–Trinajstić information content (AvgIpc) is 2.70. The summed E-state index contributed by atoms with van der Waals surface area (Å²) in [7, 11) is -0.824. The van der Waals surface area contributed by atoms with Crippen molar-refractivity contribution in [3.05, 3.63) is 59.7 Å². The van der Waals surface area contributed by atoms with E-state index in [2.05, 4.69) is 0 Å². The molecule has 0 radical (unpaired) electrons. The van der Waals surface area contributed by atoms with Gasteiger partial charge in [-0.25, -0.2) is 13.2 Å². The van der Waals surface area contributed by atoms with Crippen LogP contribution in [0.2, 0.25) is 0 Å². The van der Waals surface area contributed by atoms with Crippen molar-refractivity contribution >= 4 is 21.8 Å². The topological polar surface area (TPSA) is 90.0 Å². The highest BCUT2D eigenvalue weighted by molar-refractivity contribution is 7.89. The predicted molar refractivity (Wildman–Crippen MR) is 104 cm³/mol. The summed E-state index contributed by atoms with van der Waals surface area (Å²) in [4.78, 5) is 24.6. The lowest BCUT2D eigenvalue weighted by Gasteiger charge is -2.21. The predicted octanol–water partition coefficient (Wildman–Crippen LogP) is 2.76. The Morgan fingerprint density at radius 3 is 2.39 bits per heavy atom. The summed E-state index contributed by atoms with van der Waals surface area (Å²) in [5.41, 5.74) is 0.346. The minimum atomic E-state index is -3.74. The number of Topliss-reactive ketones (excluding diaryl/α,β-unsaturated/α-hetero) is 1. The van der Waals surface area contributed by atoms with Gasteiger partial charge in [0.2, 0.25) is 15.8 Å². The van der Waals surface area contributed by atoms with E-state index in [-0.39, 0.29) is 16.5 Å². The summed E-state index contributed by atoms with van der Waals surface area (Å²) in [6.07, 6.45) is 0. The van der Waals surface area contributed by atoms with Gasteiger partial charge < -0.3 is 9.47 Å². The van der Waals surface area contributed by atoms with Crippen molar-refractivity contribution in [1.29, 1.82) is 0 Å². The first-order chi connectivity index (χ1) is 13.2. The Morgan fingerprint density at radius 1 is 1.07 bits per heavy atom. The zero-order chi connectivity index (χ0) is 20.9. The van der Waals surface area contributed by atoms with Gasteiger partial charge in [-0.3, -0.25) is 4.79 Å². The van der Waals surface area contributed by atoms with Crippen LogP contribution in [-0.4, -0.2) is 51.3 Å². The first kappa shape index (κ1) is 21.6. The lowest BCUT2D eigenvalue weighted by molar-refractivity contribution is 0.0473. The Labute approximate surface area is 164 Å². The highest BCUT2D eigenvalue weighted by Crippen LogP contribution is 2.20. The SMILES string of the molecule is COc1ccccc1C(=O)COC(=O)c1cccc(S(=O)(=O)N(C)C(C)C)c1. The van der Waals surface area contributed by atoms with Crippen molar-refractivity contribution in [2.75, 3.05) is 20.8 Å². The van der Waals surface area contributed by atoms with Crippen molar-refractivity contribution in [2.45, 2.75) is 24.8 Å². The Bertz CT molecular complexity index is 968. The lowest BCUT2D eigenvalue weighted by atomic mass is 10.1. The number of methoxy groups -OCH3 is 1. The smallest absolute Gasteiger partial charge is 0.338 e. The number of rotatable bonds is 8. The highest BCUT2D eigenvalue weighted by atomic mass is 32.2. The maximum absolute atomic E-state index is 12.6. The molecule has 2 rings (SSSR count). The molecule has 150 valence electrons. The van der Waals surface area contributed by atoms with E-state index < -0.39 is 28.4 Å². The van der Waals surface area contributed by atoms with E-state index in [1.807, 2.05) is 0 Å². The van der Waals surface area contributed by atoms with Gasteiger partial charge in [-0.15, -0.1) is 0 Å². The van der Waals surface area contributed by atoms with E-state index in [0.29, 0.717) is 11.3 Å². The van der Waals surface area contributed by atoms with Crippen LogP contribution in [0.4, 0.5) is 0 Å².